The summed E-state index contributed by atoms with van der Waals surface area (Å²) in [4.78, 5) is 30.3. The molecule has 2 aromatic carbocycles. The molecule has 1 heterocycles. The van der Waals surface area contributed by atoms with Crippen molar-refractivity contribution in [2.24, 2.45) is 0 Å². The van der Waals surface area contributed by atoms with Crippen LogP contribution in [0.4, 0.5) is 0 Å². The number of aromatic nitrogens is 1. The van der Waals surface area contributed by atoms with Crippen LogP contribution in [0.15, 0.2) is 60.8 Å². The summed E-state index contributed by atoms with van der Waals surface area (Å²) in [5.74, 6) is -0.155. The van der Waals surface area contributed by atoms with Crippen molar-refractivity contribution in [3.63, 3.8) is 0 Å². The van der Waals surface area contributed by atoms with Crippen molar-refractivity contribution in [1.82, 2.24) is 20.5 Å². The molecule has 0 atom stereocenters. The number of nitrogens with one attached hydrogen (secondary N) is 3. The Hall–Kier alpha value is -2.83. The fraction of sp³-hybridized carbons (Fsp3) is 0.448. The fourth-order valence-corrected chi connectivity index (χ4v) is 5.47. The van der Waals surface area contributed by atoms with Crippen LogP contribution < -0.4 is 10.6 Å². The Balaban J connectivity index is 0.00000361. The number of carbonyl (C=O) groups excluding carboxylic acids is 2. The number of hydrogen-bond donors (Lipinski definition) is 3. The van der Waals surface area contributed by atoms with Crippen LogP contribution >= 0.6 is 12.4 Å². The first-order chi connectivity index (χ1) is 17.0. The number of amides is 2. The third-order valence-electron chi connectivity index (χ3n) is 7.57. The second kappa shape index (κ2) is 12.9. The lowest BCUT2D eigenvalue weighted by Gasteiger charge is -2.45. The van der Waals surface area contributed by atoms with Gasteiger partial charge in [0.1, 0.15) is 0 Å². The van der Waals surface area contributed by atoms with E-state index in [1.807, 2.05) is 12.1 Å². The lowest BCUT2D eigenvalue weighted by atomic mass is 9.74. The summed E-state index contributed by atoms with van der Waals surface area (Å²) in [6, 6.07) is 19.1. The number of para-hydroxylation sites is 1. The number of fused-ring (bicyclic) bond motifs is 1. The largest absolute Gasteiger partial charge is 0.361 e. The maximum absolute atomic E-state index is 12.5. The zero-order valence-electron chi connectivity index (χ0n) is 21.4. The zero-order chi connectivity index (χ0) is 24.7. The molecule has 7 heteroatoms. The van der Waals surface area contributed by atoms with Crippen LogP contribution in [0.2, 0.25) is 0 Å². The molecule has 0 unspecified atom stereocenters. The summed E-state index contributed by atoms with van der Waals surface area (Å²) in [7, 11) is 4.28. The Morgan fingerprint density at radius 3 is 2.39 bits per heavy atom. The van der Waals surface area contributed by atoms with E-state index in [0.717, 1.165) is 50.5 Å². The van der Waals surface area contributed by atoms with Crippen LogP contribution in [0.3, 0.4) is 0 Å². The van der Waals surface area contributed by atoms with E-state index in [-0.39, 0.29) is 42.3 Å². The van der Waals surface area contributed by atoms with E-state index < -0.39 is 0 Å². The van der Waals surface area contributed by atoms with Crippen molar-refractivity contribution in [2.45, 2.75) is 62.9 Å². The second-order valence-corrected chi connectivity index (χ2v) is 9.98. The predicted molar refractivity (Wildman–Crippen MR) is 148 cm³/mol. The van der Waals surface area contributed by atoms with Gasteiger partial charge in [-0.1, -0.05) is 48.5 Å². The maximum Gasteiger partial charge on any atom is 0.239 e. The highest BCUT2D eigenvalue weighted by Gasteiger charge is 2.38. The first-order valence-electron chi connectivity index (χ1n) is 12.8. The lowest BCUT2D eigenvalue weighted by molar-refractivity contribution is -0.126. The SMILES string of the molecule is CN(C)C1(c2ccccc2)CCC(NC(=O)CNC(=O)CCCCc2c[nH]c3ccccc23)CC1.Cl. The number of aryl methyl sites for hydroxylation is 1. The van der Waals surface area contributed by atoms with Gasteiger partial charge in [0, 0.05) is 35.1 Å². The molecule has 0 bridgehead atoms. The summed E-state index contributed by atoms with van der Waals surface area (Å²) >= 11 is 0. The number of nitrogens with zero attached hydrogens (tertiary/aromatic N) is 1. The minimum absolute atomic E-state index is 0. The Morgan fingerprint density at radius 1 is 0.972 bits per heavy atom. The van der Waals surface area contributed by atoms with Crippen molar-refractivity contribution >= 4 is 35.1 Å². The average molecular weight is 511 g/mol. The molecular formula is C29H39ClN4O2. The molecule has 0 spiro atoms. The van der Waals surface area contributed by atoms with Gasteiger partial charge in [0.2, 0.25) is 11.8 Å². The minimum atomic E-state index is -0.0980. The van der Waals surface area contributed by atoms with E-state index in [4.69, 9.17) is 0 Å². The van der Waals surface area contributed by atoms with E-state index in [9.17, 15) is 9.59 Å². The van der Waals surface area contributed by atoms with Gasteiger partial charge >= 0.3 is 0 Å². The molecule has 1 aliphatic carbocycles. The first-order valence-corrected chi connectivity index (χ1v) is 12.8. The molecule has 0 radical (unpaired) electrons. The molecule has 3 aromatic rings. The maximum atomic E-state index is 12.5. The van der Waals surface area contributed by atoms with Gasteiger partial charge in [-0.05, 0) is 76.2 Å². The molecule has 36 heavy (non-hydrogen) atoms. The molecule has 2 amide bonds. The molecule has 0 saturated heterocycles. The molecule has 1 fully saturated rings. The van der Waals surface area contributed by atoms with Crippen LogP contribution in [-0.2, 0) is 21.5 Å². The lowest BCUT2D eigenvalue weighted by Crippen LogP contribution is -2.50. The summed E-state index contributed by atoms with van der Waals surface area (Å²) < 4.78 is 0. The minimum Gasteiger partial charge on any atom is -0.361 e. The highest BCUT2D eigenvalue weighted by atomic mass is 35.5. The van der Waals surface area contributed by atoms with Crippen molar-refractivity contribution in [1.29, 1.82) is 0 Å². The summed E-state index contributed by atoms with van der Waals surface area (Å²) in [6.07, 6.45) is 9.05. The second-order valence-electron chi connectivity index (χ2n) is 9.98. The number of unbranched alkanes of at least 4 members (excludes halogenated alkanes) is 1. The van der Waals surface area contributed by atoms with Gasteiger partial charge in [-0.3, -0.25) is 14.5 Å². The topological polar surface area (TPSA) is 77.2 Å². The van der Waals surface area contributed by atoms with Crippen molar-refractivity contribution in [3.8, 4) is 0 Å². The summed E-state index contributed by atoms with van der Waals surface area (Å²) in [6.45, 7) is 0.0509. The molecule has 6 nitrogen and oxygen atoms in total. The number of carbonyl (C=O) groups is 2. The van der Waals surface area contributed by atoms with Crippen LogP contribution in [0.25, 0.3) is 10.9 Å². The highest BCUT2D eigenvalue weighted by molar-refractivity contribution is 5.85. The number of benzene rings is 2. The standard InChI is InChI=1S/C29H38N4O2.ClH/c1-33(2)29(23-11-4-3-5-12-23)18-16-24(17-19-29)32-28(35)21-31-27(34)15-9-6-10-22-20-30-26-14-8-7-13-25(22)26;/h3-5,7-8,11-14,20,24,30H,6,9-10,15-19,21H2,1-2H3,(H,31,34)(H,32,35);1H. The average Bonchev–Trinajstić information content (AvgIpc) is 3.29. The number of aromatic amines is 1. The molecule has 3 N–H and O–H groups in total. The van der Waals surface area contributed by atoms with Gasteiger partial charge < -0.3 is 15.6 Å². The summed E-state index contributed by atoms with van der Waals surface area (Å²) in [5, 5.41) is 7.17. The molecule has 1 aromatic heterocycles. The van der Waals surface area contributed by atoms with Gasteiger partial charge in [0.15, 0.2) is 0 Å². The fourth-order valence-electron chi connectivity index (χ4n) is 5.47. The highest BCUT2D eigenvalue weighted by Crippen LogP contribution is 2.40. The Kier molecular flexibility index (Phi) is 9.97. The van der Waals surface area contributed by atoms with E-state index >= 15 is 0 Å². The van der Waals surface area contributed by atoms with E-state index in [1.54, 1.807) is 0 Å². The van der Waals surface area contributed by atoms with Gasteiger partial charge in [0.25, 0.3) is 0 Å². The van der Waals surface area contributed by atoms with Crippen LogP contribution in [0.1, 0.15) is 56.1 Å². The van der Waals surface area contributed by atoms with Gasteiger partial charge in [-0.15, -0.1) is 12.4 Å². The van der Waals surface area contributed by atoms with Crippen LogP contribution in [-0.4, -0.2) is 48.4 Å². The van der Waals surface area contributed by atoms with Gasteiger partial charge in [0.05, 0.1) is 6.54 Å². The first kappa shape index (κ1) is 27.8. The molecule has 1 aliphatic rings. The Labute approximate surface area is 220 Å². The third-order valence-corrected chi connectivity index (χ3v) is 7.57. The molecule has 1 saturated carbocycles. The Morgan fingerprint density at radius 2 is 1.67 bits per heavy atom. The van der Waals surface area contributed by atoms with Gasteiger partial charge in [-0.25, -0.2) is 0 Å². The van der Waals surface area contributed by atoms with E-state index in [0.29, 0.717) is 6.42 Å². The van der Waals surface area contributed by atoms with Crippen molar-refractivity contribution in [2.75, 3.05) is 20.6 Å². The summed E-state index contributed by atoms with van der Waals surface area (Å²) in [5.41, 5.74) is 3.80. The van der Waals surface area contributed by atoms with Crippen LogP contribution in [0.5, 0.6) is 0 Å². The smallest absolute Gasteiger partial charge is 0.239 e. The van der Waals surface area contributed by atoms with Crippen molar-refractivity contribution < 1.29 is 9.59 Å². The molecule has 0 aliphatic heterocycles. The zero-order valence-corrected chi connectivity index (χ0v) is 22.2. The van der Waals surface area contributed by atoms with Crippen molar-refractivity contribution in [3.05, 3.63) is 71.9 Å². The number of halogens is 1. The van der Waals surface area contributed by atoms with Gasteiger partial charge in [-0.2, -0.15) is 0 Å². The van der Waals surface area contributed by atoms with E-state index in [2.05, 4.69) is 83.3 Å². The molecule has 194 valence electrons. The number of H-pyrrole nitrogens is 1. The Bertz CT molecular complexity index is 1120. The molecular weight excluding hydrogens is 472 g/mol. The van der Waals surface area contributed by atoms with E-state index in [1.165, 1.54) is 16.5 Å². The monoisotopic (exact) mass is 510 g/mol. The number of rotatable bonds is 10. The third kappa shape index (κ3) is 6.68. The quantitative estimate of drug-likeness (QED) is 0.338. The van der Waals surface area contributed by atoms with Crippen LogP contribution in [0, 0.1) is 0 Å². The number of hydrogen-bond acceptors (Lipinski definition) is 3. The predicted octanol–water partition coefficient (Wildman–Crippen LogP) is 4.93. The normalized spacial score (nSPS) is 19.6. The molecule has 4 rings (SSSR count).